The summed E-state index contributed by atoms with van der Waals surface area (Å²) in [6.45, 7) is 3.39. The molecule has 21 heavy (non-hydrogen) atoms. The van der Waals surface area contributed by atoms with Crippen LogP contribution in [0.1, 0.15) is 37.9 Å². The van der Waals surface area contributed by atoms with Gasteiger partial charge in [0.2, 0.25) is 10.0 Å². The zero-order valence-electron chi connectivity index (χ0n) is 12.3. The van der Waals surface area contributed by atoms with Gasteiger partial charge in [0.25, 0.3) is 0 Å². The predicted molar refractivity (Wildman–Crippen MR) is 80.4 cm³/mol. The molecule has 1 aliphatic carbocycles. The summed E-state index contributed by atoms with van der Waals surface area (Å²) in [5.74, 6) is 0.731. The zero-order chi connectivity index (χ0) is 15.3. The highest BCUT2D eigenvalue weighted by Crippen LogP contribution is 2.28. The molecule has 0 heterocycles. The van der Waals surface area contributed by atoms with Crippen molar-refractivity contribution in [1.29, 1.82) is 0 Å². The molecule has 1 fully saturated rings. The molecule has 0 bridgehead atoms. The lowest BCUT2D eigenvalue weighted by atomic mass is 10.1. The van der Waals surface area contributed by atoms with Crippen LogP contribution in [0.5, 0.6) is 0 Å². The van der Waals surface area contributed by atoms with E-state index in [-0.39, 0.29) is 4.90 Å². The summed E-state index contributed by atoms with van der Waals surface area (Å²) in [4.78, 5) is 0.214. The minimum absolute atomic E-state index is 0.214. The van der Waals surface area contributed by atoms with Gasteiger partial charge in [0.05, 0.1) is 11.0 Å². The Balaban J connectivity index is 1.74. The van der Waals surface area contributed by atoms with Gasteiger partial charge in [-0.2, -0.15) is 0 Å². The van der Waals surface area contributed by atoms with Crippen LogP contribution in [0.15, 0.2) is 29.2 Å². The SMILES string of the molecule is CC(O)c1ccc(S(=O)(=O)NCCCOCC2CC2)cc1. The molecule has 0 amide bonds. The number of hydrogen-bond acceptors (Lipinski definition) is 4. The predicted octanol–water partition coefficient (Wildman–Crippen LogP) is 1.83. The first kappa shape index (κ1) is 16.4. The van der Waals surface area contributed by atoms with Crippen molar-refractivity contribution in [3.8, 4) is 0 Å². The van der Waals surface area contributed by atoms with Gasteiger partial charge in [-0.15, -0.1) is 0 Å². The Morgan fingerprint density at radius 3 is 2.57 bits per heavy atom. The maximum atomic E-state index is 12.0. The lowest BCUT2D eigenvalue weighted by Gasteiger charge is -2.09. The monoisotopic (exact) mass is 313 g/mol. The first-order chi connectivity index (χ1) is 9.99. The van der Waals surface area contributed by atoms with Crippen molar-refractivity contribution in [2.24, 2.45) is 5.92 Å². The molecule has 1 aliphatic rings. The highest BCUT2D eigenvalue weighted by molar-refractivity contribution is 7.89. The van der Waals surface area contributed by atoms with Crippen molar-refractivity contribution in [3.05, 3.63) is 29.8 Å². The number of hydrogen-bond donors (Lipinski definition) is 2. The van der Waals surface area contributed by atoms with E-state index in [9.17, 15) is 13.5 Å². The minimum Gasteiger partial charge on any atom is -0.389 e. The van der Waals surface area contributed by atoms with Gasteiger partial charge >= 0.3 is 0 Å². The van der Waals surface area contributed by atoms with Crippen LogP contribution in [-0.4, -0.2) is 33.3 Å². The Morgan fingerprint density at radius 2 is 2.00 bits per heavy atom. The average molecular weight is 313 g/mol. The minimum atomic E-state index is -3.48. The molecule has 1 atom stereocenters. The Labute approximate surface area is 126 Å². The summed E-state index contributed by atoms with van der Waals surface area (Å²) < 4.78 is 32.1. The molecule has 1 unspecified atom stereocenters. The van der Waals surface area contributed by atoms with Gasteiger partial charge in [-0.3, -0.25) is 0 Å². The van der Waals surface area contributed by atoms with Crippen LogP contribution in [0.4, 0.5) is 0 Å². The average Bonchev–Trinajstić information content (AvgIpc) is 3.27. The second-order valence-electron chi connectivity index (χ2n) is 5.51. The lowest BCUT2D eigenvalue weighted by molar-refractivity contribution is 0.123. The Bertz CT molecular complexity index is 535. The van der Waals surface area contributed by atoms with Gasteiger partial charge in [-0.25, -0.2) is 13.1 Å². The summed E-state index contributed by atoms with van der Waals surface area (Å²) in [6.07, 6.45) is 2.58. The van der Waals surface area contributed by atoms with E-state index in [0.29, 0.717) is 25.1 Å². The van der Waals surface area contributed by atoms with Crippen LogP contribution in [0, 0.1) is 5.92 Å². The van der Waals surface area contributed by atoms with Gasteiger partial charge in [0, 0.05) is 19.8 Å². The van der Waals surface area contributed by atoms with E-state index in [2.05, 4.69) is 4.72 Å². The molecule has 0 aromatic heterocycles. The van der Waals surface area contributed by atoms with E-state index in [0.717, 1.165) is 12.5 Å². The first-order valence-corrected chi connectivity index (χ1v) is 8.83. The van der Waals surface area contributed by atoms with Crippen LogP contribution < -0.4 is 4.72 Å². The van der Waals surface area contributed by atoms with Gasteiger partial charge in [0.15, 0.2) is 0 Å². The molecule has 0 radical (unpaired) electrons. The number of nitrogens with one attached hydrogen (secondary N) is 1. The summed E-state index contributed by atoms with van der Waals surface area (Å²) in [5, 5.41) is 9.41. The molecule has 2 rings (SSSR count). The molecular weight excluding hydrogens is 290 g/mol. The molecule has 1 aromatic rings. The molecule has 1 aromatic carbocycles. The molecule has 1 saturated carbocycles. The molecule has 6 heteroatoms. The third-order valence-corrected chi connectivity index (χ3v) is 4.96. The zero-order valence-corrected chi connectivity index (χ0v) is 13.1. The molecule has 0 saturated heterocycles. The first-order valence-electron chi connectivity index (χ1n) is 7.34. The largest absolute Gasteiger partial charge is 0.389 e. The molecule has 2 N–H and O–H groups in total. The lowest BCUT2D eigenvalue weighted by Crippen LogP contribution is -2.25. The normalized spacial score (nSPS) is 16.9. The fraction of sp³-hybridized carbons (Fsp3) is 0.600. The highest BCUT2D eigenvalue weighted by Gasteiger charge is 2.21. The van der Waals surface area contributed by atoms with Crippen molar-refractivity contribution >= 4 is 10.0 Å². The fourth-order valence-corrected chi connectivity index (χ4v) is 3.00. The number of sulfonamides is 1. The van der Waals surface area contributed by atoms with Gasteiger partial charge < -0.3 is 9.84 Å². The van der Waals surface area contributed by atoms with Gasteiger partial charge in [-0.05, 0) is 49.8 Å². The number of benzene rings is 1. The van der Waals surface area contributed by atoms with E-state index < -0.39 is 16.1 Å². The second-order valence-corrected chi connectivity index (χ2v) is 7.28. The maximum Gasteiger partial charge on any atom is 0.240 e. The summed E-state index contributed by atoms with van der Waals surface area (Å²) in [6, 6.07) is 6.26. The standard InChI is InChI=1S/C15H23NO4S/c1-12(17)14-5-7-15(8-6-14)21(18,19)16-9-2-10-20-11-13-3-4-13/h5-8,12-13,16-17H,2-4,9-11H2,1H3. The van der Waals surface area contributed by atoms with E-state index in [1.807, 2.05) is 0 Å². The van der Waals surface area contributed by atoms with E-state index >= 15 is 0 Å². The fourth-order valence-electron chi connectivity index (χ4n) is 1.92. The van der Waals surface area contributed by atoms with Crippen LogP contribution in [0.25, 0.3) is 0 Å². The number of ether oxygens (including phenoxy) is 1. The molecule has 0 spiro atoms. The second kappa shape index (κ2) is 7.35. The van der Waals surface area contributed by atoms with E-state index in [1.54, 1.807) is 19.1 Å². The van der Waals surface area contributed by atoms with Crippen LogP contribution in [0.2, 0.25) is 0 Å². The third kappa shape index (κ3) is 5.39. The smallest absolute Gasteiger partial charge is 0.240 e. The van der Waals surface area contributed by atoms with Crippen molar-refractivity contribution in [2.45, 2.75) is 37.2 Å². The summed E-state index contributed by atoms with van der Waals surface area (Å²) in [7, 11) is -3.48. The maximum absolute atomic E-state index is 12.0. The van der Waals surface area contributed by atoms with Gasteiger partial charge in [-0.1, -0.05) is 12.1 Å². The van der Waals surface area contributed by atoms with Crippen LogP contribution in [0.3, 0.4) is 0 Å². The number of rotatable bonds is 9. The molecule has 0 aliphatic heterocycles. The van der Waals surface area contributed by atoms with Crippen molar-refractivity contribution in [3.63, 3.8) is 0 Å². The summed E-state index contributed by atoms with van der Waals surface area (Å²) >= 11 is 0. The Kier molecular flexibility index (Phi) is 5.75. The van der Waals surface area contributed by atoms with Crippen LogP contribution >= 0.6 is 0 Å². The van der Waals surface area contributed by atoms with Crippen LogP contribution in [-0.2, 0) is 14.8 Å². The molecular formula is C15H23NO4S. The number of aliphatic hydroxyl groups excluding tert-OH is 1. The van der Waals surface area contributed by atoms with Crippen molar-refractivity contribution in [1.82, 2.24) is 4.72 Å². The third-order valence-electron chi connectivity index (χ3n) is 3.48. The topological polar surface area (TPSA) is 75.6 Å². The molecule has 118 valence electrons. The van der Waals surface area contributed by atoms with E-state index in [4.69, 9.17) is 4.74 Å². The van der Waals surface area contributed by atoms with Gasteiger partial charge in [0.1, 0.15) is 0 Å². The molecule has 5 nitrogen and oxygen atoms in total. The quantitative estimate of drug-likeness (QED) is 0.682. The van der Waals surface area contributed by atoms with E-state index in [1.165, 1.54) is 25.0 Å². The summed E-state index contributed by atoms with van der Waals surface area (Å²) in [5.41, 5.74) is 0.697. The highest BCUT2D eigenvalue weighted by atomic mass is 32.2. The number of aliphatic hydroxyl groups is 1. The Morgan fingerprint density at radius 1 is 1.33 bits per heavy atom. The van der Waals surface area contributed by atoms with Crippen molar-refractivity contribution < 1.29 is 18.3 Å². The Hall–Kier alpha value is -0.950. The van der Waals surface area contributed by atoms with Crippen molar-refractivity contribution in [2.75, 3.05) is 19.8 Å².